The fourth-order valence-corrected chi connectivity index (χ4v) is 5.05. The number of benzene rings is 3. The predicted octanol–water partition coefficient (Wildman–Crippen LogP) is 5.49. The van der Waals surface area contributed by atoms with E-state index in [2.05, 4.69) is 10.3 Å². The van der Waals surface area contributed by atoms with E-state index in [0.717, 1.165) is 6.42 Å². The number of oxazole rings is 1. The number of anilines is 2. The van der Waals surface area contributed by atoms with Crippen LogP contribution in [0.25, 0.3) is 11.5 Å². The van der Waals surface area contributed by atoms with Gasteiger partial charge in [0.1, 0.15) is 24.7 Å². The van der Waals surface area contributed by atoms with Crippen LogP contribution in [-0.4, -0.2) is 40.3 Å². The molecule has 0 fully saturated rings. The molecule has 3 aromatic carbocycles. The number of rotatable bonds is 9. The second-order valence-corrected chi connectivity index (χ2v) is 10.0. The van der Waals surface area contributed by atoms with Gasteiger partial charge in [-0.3, -0.25) is 0 Å². The third kappa shape index (κ3) is 5.05. The first-order chi connectivity index (χ1) is 18.0. The monoisotopic (exact) mass is 522 g/mol. The van der Waals surface area contributed by atoms with Crippen molar-refractivity contribution in [3.63, 3.8) is 0 Å². The van der Waals surface area contributed by atoms with E-state index in [1.165, 1.54) is 19.2 Å². The summed E-state index contributed by atoms with van der Waals surface area (Å²) in [5, 5.41) is 2.78. The molecule has 1 aliphatic rings. The van der Waals surface area contributed by atoms with Crippen molar-refractivity contribution < 1.29 is 31.8 Å². The summed E-state index contributed by atoms with van der Waals surface area (Å²) in [5.74, 6) is 2.16. The number of fused-ring (bicyclic) bond motifs is 1. The first-order valence-electron chi connectivity index (χ1n) is 11.8. The first-order valence-corrected chi connectivity index (χ1v) is 13.3. The molecule has 1 aliphatic heterocycles. The number of hydrogen-bond donors (Lipinski definition) is 1. The summed E-state index contributed by atoms with van der Waals surface area (Å²) < 4.78 is 55.7. The van der Waals surface area contributed by atoms with E-state index in [4.69, 9.17) is 23.4 Å². The third-order valence-electron chi connectivity index (χ3n) is 5.60. The zero-order valence-electron chi connectivity index (χ0n) is 20.4. The van der Waals surface area contributed by atoms with Gasteiger partial charge in [-0.25, -0.2) is 8.42 Å². The molecular formula is C27H26N2O7S. The molecule has 0 radical (unpaired) electrons. The Kier molecular flexibility index (Phi) is 6.91. The molecule has 1 aromatic heterocycles. The van der Waals surface area contributed by atoms with Gasteiger partial charge in [0, 0.05) is 11.6 Å². The molecule has 5 rings (SSSR count). The molecule has 2 heterocycles. The van der Waals surface area contributed by atoms with Gasteiger partial charge in [-0.1, -0.05) is 19.1 Å². The minimum atomic E-state index is -4.12. The molecule has 10 heteroatoms. The molecule has 192 valence electrons. The van der Waals surface area contributed by atoms with Crippen molar-refractivity contribution >= 4 is 21.4 Å². The van der Waals surface area contributed by atoms with Crippen LogP contribution in [0.3, 0.4) is 0 Å². The third-order valence-corrected chi connectivity index (χ3v) is 7.26. The molecule has 0 aliphatic carbocycles. The zero-order valence-corrected chi connectivity index (χ0v) is 21.2. The van der Waals surface area contributed by atoms with Crippen molar-refractivity contribution in [1.29, 1.82) is 0 Å². The number of hydrogen-bond acceptors (Lipinski definition) is 9. The Bertz CT molecular complexity index is 1500. The van der Waals surface area contributed by atoms with Crippen molar-refractivity contribution in [3.05, 3.63) is 66.7 Å². The van der Waals surface area contributed by atoms with Crippen LogP contribution < -0.4 is 24.3 Å². The predicted molar refractivity (Wildman–Crippen MR) is 137 cm³/mol. The number of methoxy groups -OCH3 is 1. The average molecular weight is 523 g/mol. The highest BCUT2D eigenvalue weighted by Crippen LogP contribution is 2.39. The normalized spacial score (nSPS) is 12.7. The molecule has 0 unspecified atom stereocenters. The summed E-state index contributed by atoms with van der Waals surface area (Å²) >= 11 is 0. The van der Waals surface area contributed by atoms with Crippen LogP contribution >= 0.6 is 0 Å². The van der Waals surface area contributed by atoms with Gasteiger partial charge in [0.25, 0.3) is 0 Å². The topological polar surface area (TPSA) is 109 Å². The van der Waals surface area contributed by atoms with Crippen LogP contribution in [0.15, 0.2) is 81.1 Å². The molecule has 0 atom stereocenters. The number of ether oxygens (including phenoxy) is 4. The van der Waals surface area contributed by atoms with Crippen molar-refractivity contribution in [2.24, 2.45) is 0 Å². The minimum absolute atomic E-state index is 0.00277. The lowest BCUT2D eigenvalue weighted by Crippen LogP contribution is -2.16. The number of aromatic nitrogens is 1. The Morgan fingerprint density at radius 1 is 0.973 bits per heavy atom. The molecule has 37 heavy (non-hydrogen) atoms. The maximum absolute atomic E-state index is 13.8. The summed E-state index contributed by atoms with van der Waals surface area (Å²) in [4.78, 5) is 4.42. The van der Waals surface area contributed by atoms with Gasteiger partial charge in [-0.15, -0.1) is 0 Å². The fraction of sp³-hybridized carbons (Fsp3) is 0.222. The highest BCUT2D eigenvalue weighted by molar-refractivity contribution is 7.91. The van der Waals surface area contributed by atoms with Gasteiger partial charge >= 0.3 is 0 Å². The fourth-order valence-electron chi connectivity index (χ4n) is 3.78. The van der Waals surface area contributed by atoms with E-state index in [1.54, 1.807) is 48.5 Å². The van der Waals surface area contributed by atoms with Crippen LogP contribution in [0.1, 0.15) is 13.3 Å². The standard InChI is InChI=1S/C27H26N2O7S/c1-3-14-33-19-10-8-18(9-11-19)25-29-27(26(36-25)28-21-6-4-5-7-22(21)32-2)37(30,31)20-12-13-23-24(17-20)35-16-15-34-23/h4-13,17,28H,3,14-16H2,1-2H3. The largest absolute Gasteiger partial charge is 0.495 e. The Hall–Kier alpha value is -4.18. The summed E-state index contributed by atoms with van der Waals surface area (Å²) in [5.41, 5.74) is 1.12. The Labute approximate surface area is 214 Å². The molecule has 9 nitrogen and oxygen atoms in total. The van der Waals surface area contributed by atoms with Crippen LogP contribution in [0.4, 0.5) is 11.6 Å². The van der Waals surface area contributed by atoms with Gasteiger partial charge in [0.2, 0.25) is 26.6 Å². The first kappa shape index (κ1) is 24.5. The van der Waals surface area contributed by atoms with Crippen molar-refractivity contribution in [1.82, 2.24) is 4.98 Å². The molecule has 0 amide bonds. The molecule has 4 aromatic rings. The maximum atomic E-state index is 13.8. The smallest absolute Gasteiger partial charge is 0.238 e. The van der Waals surface area contributed by atoms with Crippen molar-refractivity contribution in [2.75, 3.05) is 32.2 Å². The molecule has 0 spiro atoms. The Morgan fingerprint density at radius 3 is 2.49 bits per heavy atom. The van der Waals surface area contributed by atoms with E-state index in [-0.39, 0.29) is 21.7 Å². The van der Waals surface area contributed by atoms with E-state index in [1.807, 2.05) is 13.0 Å². The van der Waals surface area contributed by atoms with E-state index >= 15 is 0 Å². The quantitative estimate of drug-likeness (QED) is 0.305. The SMILES string of the molecule is CCCOc1ccc(-c2nc(S(=O)(=O)c3ccc4c(c3)OCCO4)c(Nc3ccccc3OC)o2)cc1. The zero-order chi connectivity index (χ0) is 25.8. The highest BCUT2D eigenvalue weighted by Gasteiger charge is 2.30. The van der Waals surface area contributed by atoms with Gasteiger partial charge in [-0.2, -0.15) is 4.98 Å². The summed E-state index contributed by atoms with van der Waals surface area (Å²) in [6.45, 7) is 3.37. The Balaban J connectivity index is 1.57. The molecule has 0 saturated heterocycles. The second kappa shape index (κ2) is 10.4. The molecule has 0 bridgehead atoms. The molecule has 0 saturated carbocycles. The maximum Gasteiger partial charge on any atom is 0.238 e. The van der Waals surface area contributed by atoms with Gasteiger partial charge in [0.05, 0.1) is 24.3 Å². The van der Waals surface area contributed by atoms with Crippen molar-refractivity contribution in [3.8, 4) is 34.5 Å². The average Bonchev–Trinajstić information content (AvgIpc) is 3.37. The number of sulfone groups is 1. The highest BCUT2D eigenvalue weighted by atomic mass is 32.2. The number of nitrogens with one attached hydrogen (secondary N) is 1. The lowest BCUT2D eigenvalue weighted by Gasteiger charge is -2.18. The number of nitrogens with zero attached hydrogens (tertiary/aromatic N) is 1. The molecular weight excluding hydrogens is 496 g/mol. The van der Waals surface area contributed by atoms with Crippen LogP contribution in [0.2, 0.25) is 0 Å². The number of para-hydroxylation sites is 2. The lowest BCUT2D eigenvalue weighted by molar-refractivity contribution is 0.171. The van der Waals surface area contributed by atoms with Crippen LogP contribution in [0.5, 0.6) is 23.0 Å². The van der Waals surface area contributed by atoms with Crippen LogP contribution in [-0.2, 0) is 9.84 Å². The summed E-state index contributed by atoms with van der Waals surface area (Å²) in [7, 11) is -2.59. The van der Waals surface area contributed by atoms with E-state index < -0.39 is 9.84 Å². The van der Waals surface area contributed by atoms with Gasteiger partial charge in [-0.05, 0) is 55.0 Å². The van der Waals surface area contributed by atoms with E-state index in [9.17, 15) is 8.42 Å². The minimum Gasteiger partial charge on any atom is -0.495 e. The van der Waals surface area contributed by atoms with Crippen LogP contribution in [0, 0.1) is 0 Å². The second-order valence-electron chi connectivity index (χ2n) is 8.16. The van der Waals surface area contributed by atoms with Gasteiger partial charge in [0.15, 0.2) is 11.5 Å². The van der Waals surface area contributed by atoms with E-state index in [0.29, 0.717) is 54.1 Å². The van der Waals surface area contributed by atoms with Crippen molar-refractivity contribution in [2.45, 2.75) is 23.3 Å². The summed E-state index contributed by atoms with van der Waals surface area (Å²) in [6, 6.07) is 18.7. The summed E-state index contributed by atoms with van der Waals surface area (Å²) in [6.07, 6.45) is 0.889. The lowest BCUT2D eigenvalue weighted by atomic mass is 10.2. The van der Waals surface area contributed by atoms with Gasteiger partial charge < -0.3 is 28.7 Å². The Morgan fingerprint density at radius 2 is 1.73 bits per heavy atom. The molecule has 1 N–H and O–H groups in total.